The van der Waals surface area contributed by atoms with Gasteiger partial charge < -0.3 is 0 Å². The van der Waals surface area contributed by atoms with Gasteiger partial charge in [-0.1, -0.05) is 0 Å². The van der Waals surface area contributed by atoms with E-state index in [0.717, 1.165) is 17.9 Å². The number of allylic oxidation sites excluding steroid dienone is 2. The summed E-state index contributed by atoms with van der Waals surface area (Å²) in [5.41, 5.74) is 10.5. The molecule has 6 heteroatoms. The average molecular weight is 703 g/mol. The molecule has 0 spiro atoms. The number of benzene rings is 3. The molecule has 2 nitrogen and oxygen atoms in total. The summed E-state index contributed by atoms with van der Waals surface area (Å²) in [6, 6.07) is 18.1. The van der Waals surface area contributed by atoms with E-state index in [0.29, 0.717) is 3.63 Å². The Bertz CT molecular complexity index is 1610. The standard InChI is InChI=1S/C25H31O2.C9H7.2CH3.2ClH.H2Si.Zr/c1-24(2,3)20-14-16(15-21(23(20)27-8)25(4,5)6)17-12-13-22(26-7)19-11-9-10-18(17)19;1-2-5-9-7-3-6-8(9)4-1;;;;;;/h9-15H,1-8H3;1-2,4-6H,7H2;2*1H3;2*1H;1H2;. The molecule has 0 amide bonds. The van der Waals surface area contributed by atoms with Crippen LogP contribution in [-0.4, -0.2) is 21.1 Å². The first-order valence-electron chi connectivity index (χ1n) is 14.5. The maximum atomic E-state index is 6.09. The fraction of sp³-hybridized carbons (Fsp3) is 0.389. The third-order valence-electron chi connectivity index (χ3n) is 9.27. The molecule has 1 unspecified atom stereocenters. The Hall–Kier alpha value is -1.58. The molecule has 0 aromatic heterocycles. The van der Waals surface area contributed by atoms with Crippen LogP contribution in [0.15, 0.2) is 57.9 Å². The number of hydrogen-bond donors (Lipinski definition) is 0. The van der Waals surface area contributed by atoms with Crippen LogP contribution in [0.2, 0.25) is 9.26 Å². The summed E-state index contributed by atoms with van der Waals surface area (Å²) < 4.78 is 19.5. The van der Waals surface area contributed by atoms with Gasteiger partial charge in [0.2, 0.25) is 0 Å². The second-order valence-corrected chi connectivity index (χ2v) is 44.7. The van der Waals surface area contributed by atoms with Crippen LogP contribution in [0.4, 0.5) is 0 Å². The molecule has 226 valence electrons. The van der Waals surface area contributed by atoms with E-state index in [2.05, 4.69) is 124 Å². The van der Waals surface area contributed by atoms with Gasteiger partial charge in [-0.25, -0.2) is 0 Å². The maximum Gasteiger partial charge on any atom is -0.147 e. The van der Waals surface area contributed by atoms with E-state index in [1.807, 2.05) is 14.2 Å². The molecule has 1 atom stereocenters. The van der Waals surface area contributed by atoms with Crippen LogP contribution in [0.5, 0.6) is 11.5 Å². The zero-order valence-corrected chi connectivity index (χ0v) is 32.5. The quantitative estimate of drug-likeness (QED) is 0.247. The smallest absolute Gasteiger partial charge is 0.147 e. The van der Waals surface area contributed by atoms with Crippen LogP contribution < -0.4 is 9.47 Å². The maximum absolute atomic E-state index is 6.09. The first-order valence-corrected chi connectivity index (χ1v) is 28.0. The molecule has 2 aliphatic rings. The summed E-state index contributed by atoms with van der Waals surface area (Å²) >= 11 is -3.47. The monoisotopic (exact) mass is 700 g/mol. The zero-order valence-electron chi connectivity index (χ0n) is 27.0. The molecule has 0 fully saturated rings. The Labute approximate surface area is 268 Å². The summed E-state index contributed by atoms with van der Waals surface area (Å²) in [6.07, 6.45) is 8.51. The van der Waals surface area contributed by atoms with Crippen molar-refractivity contribution in [3.8, 4) is 22.6 Å². The van der Waals surface area contributed by atoms with Crippen molar-refractivity contribution >= 4 is 43.8 Å². The van der Waals surface area contributed by atoms with E-state index in [9.17, 15) is 0 Å². The van der Waals surface area contributed by atoms with Crippen LogP contribution >= 0.6 is 24.8 Å². The first-order chi connectivity index (χ1) is 18.5. The normalized spacial score (nSPS) is 16.2. The van der Waals surface area contributed by atoms with Gasteiger partial charge in [-0.15, -0.1) is 24.8 Å². The molecule has 0 bridgehead atoms. The van der Waals surface area contributed by atoms with E-state index < -0.39 is 17.4 Å². The molecule has 42 heavy (non-hydrogen) atoms. The second kappa shape index (κ2) is 11.7. The number of fused-ring (bicyclic) bond motifs is 2. The molecule has 0 saturated heterocycles. The van der Waals surface area contributed by atoms with E-state index in [4.69, 9.17) is 9.47 Å². The van der Waals surface area contributed by atoms with Crippen molar-refractivity contribution < 1.29 is 26.9 Å². The van der Waals surface area contributed by atoms with Crippen molar-refractivity contribution in [3.63, 3.8) is 0 Å². The van der Waals surface area contributed by atoms with Gasteiger partial charge in [0.25, 0.3) is 0 Å². The van der Waals surface area contributed by atoms with Crippen LogP contribution in [-0.2, 0) is 34.6 Å². The Morgan fingerprint density at radius 2 is 1.43 bits per heavy atom. The molecule has 0 aliphatic heterocycles. The third kappa shape index (κ3) is 5.91. The number of rotatable bonds is 5. The van der Waals surface area contributed by atoms with Crippen molar-refractivity contribution in [2.45, 2.75) is 71.7 Å². The summed E-state index contributed by atoms with van der Waals surface area (Å²) in [5, 5.41) is 0. The second-order valence-electron chi connectivity index (χ2n) is 14.9. The number of hydrogen-bond acceptors (Lipinski definition) is 2. The molecule has 3 aromatic rings. The Balaban J connectivity index is 0.00000242. The van der Waals surface area contributed by atoms with E-state index in [-0.39, 0.29) is 35.6 Å². The molecule has 0 radical (unpaired) electrons. The predicted octanol–water partition coefficient (Wildman–Crippen LogP) is 9.81. The fourth-order valence-corrected chi connectivity index (χ4v) is 19.3. The van der Waals surface area contributed by atoms with Crippen LogP contribution in [0.3, 0.4) is 0 Å². The molecule has 2 aliphatic carbocycles. The topological polar surface area (TPSA) is 18.5 Å². The Morgan fingerprint density at radius 3 is 1.95 bits per heavy atom. The van der Waals surface area contributed by atoms with E-state index in [1.54, 1.807) is 3.28 Å². The minimum Gasteiger partial charge on any atom is -0.147 e. The van der Waals surface area contributed by atoms with Crippen LogP contribution in [0.25, 0.3) is 23.3 Å². The van der Waals surface area contributed by atoms with Gasteiger partial charge in [0.15, 0.2) is 0 Å². The van der Waals surface area contributed by atoms with Gasteiger partial charge in [0, 0.05) is 0 Å². The molecule has 3 aromatic carbocycles. The van der Waals surface area contributed by atoms with Crippen LogP contribution in [0, 0.1) is 0 Å². The SMILES string of the molecule is COc1ccc(-c2cc(C(C)(C)C)c(OC)c(C(C)(C)C)c2)c2c1[CH]([Zr]([CH3])([CH3])(=[SiH2])[C]1=Cc3ccccc3C1)C=C2.Cl.Cl. The van der Waals surface area contributed by atoms with E-state index >= 15 is 0 Å². The Morgan fingerprint density at radius 1 is 0.833 bits per heavy atom. The molecular formula is C36H48Cl2O2SiZr. The third-order valence-corrected chi connectivity index (χ3v) is 26.6. The number of methoxy groups -OCH3 is 2. The first kappa shape index (κ1) is 34.9. The van der Waals surface area contributed by atoms with Gasteiger partial charge in [0.05, 0.1) is 0 Å². The minimum absolute atomic E-state index is 0. The van der Waals surface area contributed by atoms with Crippen molar-refractivity contribution in [2.75, 3.05) is 14.2 Å². The fourth-order valence-electron chi connectivity index (χ4n) is 6.73. The van der Waals surface area contributed by atoms with Gasteiger partial charge in [-0.05, 0) is 0 Å². The number of halogens is 2. The molecule has 0 heterocycles. The van der Waals surface area contributed by atoms with Gasteiger partial charge in [-0.2, -0.15) is 0 Å². The molecule has 0 saturated carbocycles. The van der Waals surface area contributed by atoms with Gasteiger partial charge >= 0.3 is 246 Å². The summed E-state index contributed by atoms with van der Waals surface area (Å²) in [7, 11) is 3.63. The molecular weight excluding hydrogens is 655 g/mol. The van der Waals surface area contributed by atoms with Crippen LogP contribution in [0.1, 0.15) is 78.5 Å². The predicted molar refractivity (Wildman–Crippen MR) is 187 cm³/mol. The number of ether oxygens (including phenoxy) is 2. The van der Waals surface area contributed by atoms with Gasteiger partial charge in [0.1, 0.15) is 0 Å². The molecule has 5 rings (SSSR count). The summed E-state index contributed by atoms with van der Waals surface area (Å²) in [5.74, 6) is 2.03. The minimum atomic E-state index is -3.47. The summed E-state index contributed by atoms with van der Waals surface area (Å²) in [4.78, 5) is 0. The van der Waals surface area contributed by atoms with Crippen molar-refractivity contribution in [2.24, 2.45) is 0 Å². The van der Waals surface area contributed by atoms with Gasteiger partial charge in [-0.3, -0.25) is 0 Å². The zero-order chi connectivity index (χ0) is 29.3. The largest absolute Gasteiger partial charge is 0.147 e. The average Bonchev–Trinajstić information content (AvgIpc) is 3.52. The summed E-state index contributed by atoms with van der Waals surface area (Å²) in [6.45, 7) is 16.0. The van der Waals surface area contributed by atoms with Crippen molar-refractivity contribution in [1.82, 2.24) is 0 Å². The van der Waals surface area contributed by atoms with Crippen molar-refractivity contribution in [3.05, 3.63) is 91.3 Å². The van der Waals surface area contributed by atoms with E-state index in [1.165, 1.54) is 44.5 Å². The molecule has 0 N–H and O–H groups in total. The van der Waals surface area contributed by atoms with Crippen molar-refractivity contribution in [1.29, 1.82) is 0 Å². The Kier molecular flexibility index (Phi) is 9.75.